The van der Waals surface area contributed by atoms with Crippen molar-refractivity contribution >= 4 is 28.5 Å². The minimum atomic E-state index is 0.694. The Balaban J connectivity index is 2.63. The lowest BCUT2D eigenvalue weighted by Crippen LogP contribution is -2.12. The zero-order valence-corrected chi connectivity index (χ0v) is 8.78. The fourth-order valence-electron chi connectivity index (χ4n) is 1.20. The lowest BCUT2D eigenvalue weighted by Gasteiger charge is -2.09. The van der Waals surface area contributed by atoms with Crippen LogP contribution in [0.3, 0.4) is 0 Å². The van der Waals surface area contributed by atoms with E-state index in [9.17, 15) is 0 Å². The number of rotatable bonds is 1. The highest BCUT2D eigenvalue weighted by molar-refractivity contribution is 6.31. The molecule has 0 spiro atoms. The van der Waals surface area contributed by atoms with E-state index in [4.69, 9.17) is 11.6 Å². The van der Waals surface area contributed by atoms with Crippen molar-refractivity contribution < 1.29 is 0 Å². The van der Waals surface area contributed by atoms with E-state index in [1.54, 1.807) is 6.20 Å². The maximum absolute atomic E-state index is 5.88. The molecular weight excluding hydrogens is 198 g/mol. The Kier molecular flexibility index (Phi) is 2.25. The van der Waals surface area contributed by atoms with Gasteiger partial charge in [-0.3, -0.25) is 0 Å². The highest BCUT2D eigenvalue weighted by Gasteiger charge is 2.01. The summed E-state index contributed by atoms with van der Waals surface area (Å²) in [5, 5.41) is 1.70. The molecule has 0 radical (unpaired) electrons. The van der Waals surface area contributed by atoms with Crippen LogP contribution >= 0.6 is 11.6 Å². The molecule has 4 heteroatoms. The van der Waals surface area contributed by atoms with Gasteiger partial charge in [0.2, 0.25) is 5.95 Å². The Morgan fingerprint density at radius 1 is 1.29 bits per heavy atom. The van der Waals surface area contributed by atoms with E-state index in [2.05, 4.69) is 9.97 Å². The van der Waals surface area contributed by atoms with Crippen LogP contribution in [-0.4, -0.2) is 24.1 Å². The second-order valence-corrected chi connectivity index (χ2v) is 3.70. The van der Waals surface area contributed by atoms with Crippen molar-refractivity contribution in [2.24, 2.45) is 0 Å². The second kappa shape index (κ2) is 3.42. The molecule has 0 aliphatic heterocycles. The molecule has 0 saturated carbocycles. The Morgan fingerprint density at radius 3 is 2.79 bits per heavy atom. The van der Waals surface area contributed by atoms with Gasteiger partial charge in [-0.1, -0.05) is 11.6 Å². The number of hydrogen-bond acceptors (Lipinski definition) is 3. The minimum Gasteiger partial charge on any atom is -0.347 e. The van der Waals surface area contributed by atoms with Crippen LogP contribution in [0.1, 0.15) is 0 Å². The second-order valence-electron chi connectivity index (χ2n) is 3.27. The number of aromatic nitrogens is 2. The van der Waals surface area contributed by atoms with Crippen molar-refractivity contribution in [2.75, 3.05) is 19.0 Å². The Hall–Kier alpha value is -1.35. The van der Waals surface area contributed by atoms with E-state index >= 15 is 0 Å². The summed E-state index contributed by atoms with van der Waals surface area (Å²) in [6.07, 6.45) is 1.80. The third kappa shape index (κ3) is 1.63. The third-order valence-corrected chi connectivity index (χ3v) is 2.17. The maximum Gasteiger partial charge on any atom is 0.225 e. The molecule has 1 aromatic heterocycles. The summed E-state index contributed by atoms with van der Waals surface area (Å²) in [6, 6.07) is 5.59. The number of halogens is 1. The van der Waals surface area contributed by atoms with Gasteiger partial charge in [0.15, 0.2) is 0 Å². The smallest absolute Gasteiger partial charge is 0.225 e. The van der Waals surface area contributed by atoms with Crippen LogP contribution in [0, 0.1) is 0 Å². The first-order valence-electron chi connectivity index (χ1n) is 4.26. The summed E-state index contributed by atoms with van der Waals surface area (Å²) in [6.45, 7) is 0. The lowest BCUT2D eigenvalue weighted by atomic mass is 10.2. The summed E-state index contributed by atoms with van der Waals surface area (Å²) < 4.78 is 0. The minimum absolute atomic E-state index is 0.694. The first-order chi connectivity index (χ1) is 6.66. The number of hydrogen-bond donors (Lipinski definition) is 0. The van der Waals surface area contributed by atoms with Crippen LogP contribution in [0.4, 0.5) is 5.95 Å². The zero-order chi connectivity index (χ0) is 10.1. The molecule has 3 nitrogen and oxygen atoms in total. The Morgan fingerprint density at radius 2 is 2.07 bits per heavy atom. The topological polar surface area (TPSA) is 29.0 Å². The maximum atomic E-state index is 5.88. The van der Waals surface area contributed by atoms with Crippen LogP contribution in [0.5, 0.6) is 0 Å². The van der Waals surface area contributed by atoms with Gasteiger partial charge in [-0.15, -0.1) is 0 Å². The summed E-state index contributed by atoms with van der Waals surface area (Å²) in [4.78, 5) is 10.4. The molecule has 0 aliphatic rings. The molecule has 72 valence electrons. The van der Waals surface area contributed by atoms with Gasteiger partial charge >= 0.3 is 0 Å². The molecule has 0 unspecified atom stereocenters. The molecule has 2 rings (SSSR count). The largest absolute Gasteiger partial charge is 0.347 e. The zero-order valence-electron chi connectivity index (χ0n) is 8.03. The molecule has 0 atom stereocenters. The predicted molar refractivity (Wildman–Crippen MR) is 58.9 cm³/mol. The molecule has 0 N–H and O–H groups in total. The quantitative estimate of drug-likeness (QED) is 0.719. The van der Waals surface area contributed by atoms with E-state index in [1.807, 2.05) is 37.2 Å². The van der Waals surface area contributed by atoms with Crippen molar-refractivity contribution in [3.63, 3.8) is 0 Å². The summed E-state index contributed by atoms with van der Waals surface area (Å²) in [5.74, 6) is 0.694. The first-order valence-corrected chi connectivity index (χ1v) is 4.64. The van der Waals surface area contributed by atoms with Gasteiger partial charge < -0.3 is 4.90 Å². The third-order valence-electron chi connectivity index (χ3n) is 1.93. The molecule has 0 bridgehead atoms. The van der Waals surface area contributed by atoms with Crippen LogP contribution < -0.4 is 4.90 Å². The number of anilines is 1. The molecule has 1 heterocycles. The van der Waals surface area contributed by atoms with E-state index < -0.39 is 0 Å². The van der Waals surface area contributed by atoms with Crippen LogP contribution in [0.25, 0.3) is 10.9 Å². The van der Waals surface area contributed by atoms with Gasteiger partial charge in [0.25, 0.3) is 0 Å². The normalized spacial score (nSPS) is 10.5. The fourth-order valence-corrected chi connectivity index (χ4v) is 1.37. The standard InChI is InChI=1S/C10H10ClN3/c1-14(2)10-12-6-7-3-4-8(11)5-9(7)13-10/h3-6H,1-2H3. The van der Waals surface area contributed by atoms with Gasteiger partial charge in [-0.25, -0.2) is 9.97 Å². The van der Waals surface area contributed by atoms with Crippen molar-refractivity contribution in [3.8, 4) is 0 Å². The van der Waals surface area contributed by atoms with Crippen LogP contribution in [0.15, 0.2) is 24.4 Å². The molecule has 0 aliphatic carbocycles. The van der Waals surface area contributed by atoms with Crippen molar-refractivity contribution in [2.45, 2.75) is 0 Å². The molecule has 0 saturated heterocycles. The monoisotopic (exact) mass is 207 g/mol. The van der Waals surface area contributed by atoms with Gasteiger partial charge in [0, 0.05) is 30.7 Å². The van der Waals surface area contributed by atoms with Crippen molar-refractivity contribution in [3.05, 3.63) is 29.4 Å². The van der Waals surface area contributed by atoms with Gasteiger partial charge in [-0.2, -0.15) is 0 Å². The molecule has 0 amide bonds. The average Bonchev–Trinajstić information content (AvgIpc) is 2.16. The van der Waals surface area contributed by atoms with E-state index in [1.165, 1.54) is 0 Å². The molecule has 0 fully saturated rings. The van der Waals surface area contributed by atoms with E-state index in [0.717, 1.165) is 10.9 Å². The summed E-state index contributed by atoms with van der Waals surface area (Å²) in [5.41, 5.74) is 0.871. The molecule has 14 heavy (non-hydrogen) atoms. The summed E-state index contributed by atoms with van der Waals surface area (Å²) in [7, 11) is 3.82. The number of nitrogens with zero attached hydrogens (tertiary/aromatic N) is 3. The van der Waals surface area contributed by atoms with Crippen molar-refractivity contribution in [1.29, 1.82) is 0 Å². The van der Waals surface area contributed by atoms with Crippen molar-refractivity contribution in [1.82, 2.24) is 9.97 Å². The highest BCUT2D eigenvalue weighted by atomic mass is 35.5. The van der Waals surface area contributed by atoms with E-state index in [-0.39, 0.29) is 0 Å². The van der Waals surface area contributed by atoms with Crippen LogP contribution in [-0.2, 0) is 0 Å². The highest BCUT2D eigenvalue weighted by Crippen LogP contribution is 2.18. The molecular formula is C10H10ClN3. The lowest BCUT2D eigenvalue weighted by molar-refractivity contribution is 1.02. The average molecular weight is 208 g/mol. The van der Waals surface area contributed by atoms with Crippen LogP contribution in [0.2, 0.25) is 5.02 Å². The first kappa shape index (κ1) is 9.21. The Labute approximate surface area is 87.3 Å². The fraction of sp³-hybridized carbons (Fsp3) is 0.200. The number of benzene rings is 1. The predicted octanol–water partition coefficient (Wildman–Crippen LogP) is 2.35. The summed E-state index contributed by atoms with van der Waals surface area (Å²) >= 11 is 5.88. The molecule has 2 aromatic rings. The van der Waals surface area contributed by atoms with Gasteiger partial charge in [0.05, 0.1) is 5.52 Å². The van der Waals surface area contributed by atoms with Gasteiger partial charge in [-0.05, 0) is 18.2 Å². The molecule has 1 aromatic carbocycles. The Bertz CT molecular complexity index is 468. The SMILES string of the molecule is CN(C)c1ncc2ccc(Cl)cc2n1. The number of fused-ring (bicyclic) bond motifs is 1. The van der Waals surface area contributed by atoms with Gasteiger partial charge in [0.1, 0.15) is 0 Å². The van der Waals surface area contributed by atoms with E-state index in [0.29, 0.717) is 11.0 Å².